The number of allylic oxidation sites excluding steroid dienone is 7. The van der Waals surface area contributed by atoms with Gasteiger partial charge in [-0.1, -0.05) is 223 Å². The van der Waals surface area contributed by atoms with Crippen LogP contribution in [0.4, 0.5) is 0 Å². The van der Waals surface area contributed by atoms with Crippen molar-refractivity contribution in [3.63, 3.8) is 0 Å². The highest BCUT2D eigenvalue weighted by molar-refractivity contribution is 5.76. The van der Waals surface area contributed by atoms with E-state index in [1.165, 1.54) is 173 Å². The summed E-state index contributed by atoms with van der Waals surface area (Å²) < 4.78 is 5.46. The van der Waals surface area contributed by atoms with Crippen molar-refractivity contribution < 1.29 is 24.5 Å². The average molecular weight is 870 g/mol. The summed E-state index contributed by atoms with van der Waals surface area (Å²) in [6, 6.07) is -0.638. The van der Waals surface area contributed by atoms with Gasteiger partial charge in [0.1, 0.15) is 0 Å². The molecule has 1 amide bonds. The van der Waals surface area contributed by atoms with E-state index >= 15 is 0 Å². The highest BCUT2D eigenvalue weighted by Crippen LogP contribution is 2.15. The van der Waals surface area contributed by atoms with Crippen molar-refractivity contribution in [2.45, 2.75) is 283 Å². The Bertz CT molecular complexity index is 1050. The van der Waals surface area contributed by atoms with E-state index in [1.807, 2.05) is 6.08 Å². The summed E-state index contributed by atoms with van der Waals surface area (Å²) in [5.41, 5.74) is 0. The summed E-state index contributed by atoms with van der Waals surface area (Å²) in [5, 5.41) is 23.0. The summed E-state index contributed by atoms with van der Waals surface area (Å²) >= 11 is 0. The smallest absolute Gasteiger partial charge is 0.305 e. The van der Waals surface area contributed by atoms with E-state index in [0.29, 0.717) is 19.4 Å². The van der Waals surface area contributed by atoms with Crippen molar-refractivity contribution in [3.8, 4) is 0 Å². The molecule has 0 aromatic carbocycles. The number of hydrogen-bond donors (Lipinski definition) is 3. The van der Waals surface area contributed by atoms with Crippen molar-refractivity contribution in [1.82, 2.24) is 5.32 Å². The molecule has 2 unspecified atom stereocenters. The van der Waals surface area contributed by atoms with Gasteiger partial charge in [0.2, 0.25) is 5.91 Å². The van der Waals surface area contributed by atoms with Crippen LogP contribution in [0, 0.1) is 0 Å². The van der Waals surface area contributed by atoms with Crippen LogP contribution in [0.2, 0.25) is 0 Å². The fourth-order valence-electron chi connectivity index (χ4n) is 7.88. The standard InChI is InChI=1S/C56H103NO5/c1-3-5-7-9-11-13-15-17-26-30-34-38-42-46-50-56(61)62-51-47-43-39-35-31-27-23-21-19-18-20-22-25-29-33-37-41-45-49-55(60)57-53(52-58)54(59)48-44-40-36-32-28-24-16-14-12-10-8-6-4-2/h9,11,15,17,20,22,44,48,53-54,58-59H,3-8,10,12-14,16,18-19,21,23-43,45-47,49-52H2,1-2H3,(H,57,60)/b11-9-,17-15-,22-20-,48-44+. The van der Waals surface area contributed by atoms with Crippen LogP contribution in [0.25, 0.3) is 0 Å². The van der Waals surface area contributed by atoms with Crippen molar-refractivity contribution in [2.24, 2.45) is 0 Å². The fraction of sp³-hybridized carbons (Fsp3) is 0.821. The first kappa shape index (κ1) is 59.8. The lowest BCUT2D eigenvalue weighted by molar-refractivity contribution is -0.143. The first-order valence-corrected chi connectivity index (χ1v) is 26.9. The van der Waals surface area contributed by atoms with Gasteiger partial charge in [-0.2, -0.15) is 0 Å². The molecule has 0 radical (unpaired) electrons. The topological polar surface area (TPSA) is 95.9 Å². The van der Waals surface area contributed by atoms with E-state index in [-0.39, 0.29) is 18.5 Å². The van der Waals surface area contributed by atoms with Gasteiger partial charge >= 0.3 is 5.97 Å². The maximum atomic E-state index is 12.4. The largest absolute Gasteiger partial charge is 0.466 e. The van der Waals surface area contributed by atoms with Gasteiger partial charge in [-0.15, -0.1) is 0 Å². The normalized spacial score (nSPS) is 13.0. The SMILES string of the molecule is CCCC/C=C\C/C=C\CCCCCCCC(=O)OCCCCCCCCCCC/C=C\CCCCCCCC(=O)NC(CO)C(O)/C=C/CCCCCCCCCCCCC. The molecule has 0 aliphatic carbocycles. The average Bonchev–Trinajstić information content (AvgIpc) is 3.27. The molecule has 0 bridgehead atoms. The molecule has 0 spiro atoms. The Morgan fingerprint density at radius 2 is 0.823 bits per heavy atom. The molecule has 6 nitrogen and oxygen atoms in total. The van der Waals surface area contributed by atoms with Crippen LogP contribution in [-0.4, -0.2) is 47.4 Å². The monoisotopic (exact) mass is 870 g/mol. The van der Waals surface area contributed by atoms with Crippen molar-refractivity contribution in [1.29, 1.82) is 0 Å². The Hall–Kier alpha value is -2.18. The number of carbonyl (C=O) groups excluding carboxylic acids is 2. The molecule has 3 N–H and O–H groups in total. The number of esters is 1. The zero-order valence-corrected chi connectivity index (χ0v) is 41.1. The van der Waals surface area contributed by atoms with Gasteiger partial charge in [0.15, 0.2) is 0 Å². The van der Waals surface area contributed by atoms with Gasteiger partial charge in [0.05, 0.1) is 25.4 Å². The van der Waals surface area contributed by atoms with Crippen molar-refractivity contribution in [3.05, 3.63) is 48.6 Å². The second-order valence-corrected chi connectivity index (χ2v) is 18.2. The molecule has 0 aliphatic rings. The summed E-state index contributed by atoms with van der Waals surface area (Å²) in [4.78, 5) is 24.4. The van der Waals surface area contributed by atoms with E-state index in [9.17, 15) is 19.8 Å². The van der Waals surface area contributed by atoms with Crippen LogP contribution in [0.1, 0.15) is 271 Å². The predicted octanol–water partition coefficient (Wildman–Crippen LogP) is 16.2. The van der Waals surface area contributed by atoms with Gasteiger partial charge in [0.25, 0.3) is 0 Å². The first-order chi connectivity index (χ1) is 30.5. The molecule has 0 aromatic rings. The lowest BCUT2D eigenvalue weighted by Crippen LogP contribution is -2.45. The molecular formula is C56H103NO5. The molecule has 62 heavy (non-hydrogen) atoms. The number of unbranched alkanes of at least 4 members (excludes halogenated alkanes) is 32. The predicted molar refractivity (Wildman–Crippen MR) is 269 cm³/mol. The third-order valence-electron chi connectivity index (χ3n) is 12.1. The number of aliphatic hydroxyl groups excluding tert-OH is 2. The molecule has 6 heteroatoms. The molecule has 2 atom stereocenters. The molecule has 0 fully saturated rings. The number of nitrogens with one attached hydrogen (secondary N) is 1. The van der Waals surface area contributed by atoms with E-state index in [2.05, 4.69) is 55.6 Å². The van der Waals surface area contributed by atoms with Gasteiger partial charge < -0.3 is 20.3 Å². The molecule has 0 saturated heterocycles. The molecule has 0 heterocycles. The van der Waals surface area contributed by atoms with Crippen LogP contribution >= 0.6 is 0 Å². The zero-order chi connectivity index (χ0) is 45.1. The third kappa shape index (κ3) is 47.3. The quantitative estimate of drug-likeness (QED) is 0.0322. The second-order valence-electron chi connectivity index (χ2n) is 18.2. The number of aliphatic hydroxyl groups is 2. The number of hydrogen-bond acceptors (Lipinski definition) is 5. The Morgan fingerprint density at radius 3 is 1.29 bits per heavy atom. The maximum absolute atomic E-state index is 12.4. The Balaban J connectivity index is 3.49. The Kier molecular flexibility index (Phi) is 49.6. The lowest BCUT2D eigenvalue weighted by Gasteiger charge is -2.20. The molecule has 0 rings (SSSR count). The summed E-state index contributed by atoms with van der Waals surface area (Å²) in [7, 11) is 0. The minimum absolute atomic E-state index is 0.0134. The van der Waals surface area contributed by atoms with Gasteiger partial charge in [-0.05, 0) is 83.5 Å². The Labute approximate surface area is 385 Å². The molecule has 0 aliphatic heterocycles. The molecule has 0 saturated carbocycles. The molecule has 0 aromatic heterocycles. The Morgan fingerprint density at radius 1 is 0.452 bits per heavy atom. The van der Waals surface area contributed by atoms with E-state index in [0.717, 1.165) is 70.6 Å². The summed E-state index contributed by atoms with van der Waals surface area (Å²) in [6.07, 6.45) is 64.0. The van der Waals surface area contributed by atoms with E-state index in [1.54, 1.807) is 6.08 Å². The van der Waals surface area contributed by atoms with E-state index < -0.39 is 12.1 Å². The fourth-order valence-corrected chi connectivity index (χ4v) is 7.88. The number of rotatable bonds is 49. The second kappa shape index (κ2) is 51.5. The minimum atomic E-state index is -0.853. The number of carbonyl (C=O) groups is 2. The van der Waals surface area contributed by atoms with Crippen LogP contribution in [-0.2, 0) is 14.3 Å². The molecule has 362 valence electrons. The highest BCUT2D eigenvalue weighted by Gasteiger charge is 2.18. The minimum Gasteiger partial charge on any atom is -0.466 e. The van der Waals surface area contributed by atoms with Crippen LogP contribution in [0.3, 0.4) is 0 Å². The first-order valence-electron chi connectivity index (χ1n) is 26.9. The number of amides is 1. The summed E-state index contributed by atoms with van der Waals surface area (Å²) in [6.45, 7) is 4.83. The maximum Gasteiger partial charge on any atom is 0.305 e. The van der Waals surface area contributed by atoms with Crippen LogP contribution in [0.15, 0.2) is 48.6 Å². The van der Waals surface area contributed by atoms with Crippen molar-refractivity contribution in [2.75, 3.05) is 13.2 Å². The van der Waals surface area contributed by atoms with Crippen LogP contribution in [0.5, 0.6) is 0 Å². The van der Waals surface area contributed by atoms with Crippen LogP contribution < -0.4 is 5.32 Å². The summed E-state index contributed by atoms with van der Waals surface area (Å²) in [5.74, 6) is -0.0975. The lowest BCUT2D eigenvalue weighted by atomic mass is 10.0. The van der Waals surface area contributed by atoms with E-state index in [4.69, 9.17) is 4.74 Å². The van der Waals surface area contributed by atoms with Gasteiger partial charge in [0, 0.05) is 12.8 Å². The van der Waals surface area contributed by atoms with Gasteiger partial charge in [-0.25, -0.2) is 0 Å². The molecular weight excluding hydrogens is 767 g/mol. The zero-order valence-electron chi connectivity index (χ0n) is 41.1. The third-order valence-corrected chi connectivity index (χ3v) is 12.1. The van der Waals surface area contributed by atoms with Gasteiger partial charge in [-0.3, -0.25) is 9.59 Å². The number of ether oxygens (including phenoxy) is 1. The van der Waals surface area contributed by atoms with Crippen molar-refractivity contribution >= 4 is 11.9 Å². The highest BCUT2D eigenvalue weighted by atomic mass is 16.5.